The van der Waals surface area contributed by atoms with E-state index in [1.54, 1.807) is 60.9 Å². The highest BCUT2D eigenvalue weighted by atomic mass is 16.5. The standard InChI is InChI=1S/C30H22N10O4/c1-3-13-31-19(7-1)17-33-25-35-27-39-28(36-25)42-22-10-6-12-24(16-22)44-30-38-26(34-18-20-8-2-4-14-32-20)37-29(40-30)43-23-11-5-9-21(15-23)41-27/h1-16H,17-18H2,(H,33,35,36,39)(H,34,37,38,40). The molecule has 0 fully saturated rings. The molecular formula is C30H22N10O4. The fourth-order valence-corrected chi connectivity index (χ4v) is 3.99. The summed E-state index contributed by atoms with van der Waals surface area (Å²) >= 11 is 0. The first-order valence-corrected chi connectivity index (χ1v) is 13.4. The number of nitrogens with one attached hydrogen (secondary N) is 2. The normalized spacial score (nSPS) is 11.6. The van der Waals surface area contributed by atoms with Gasteiger partial charge in [0, 0.05) is 24.5 Å². The second-order valence-electron chi connectivity index (χ2n) is 9.16. The monoisotopic (exact) mass is 586 g/mol. The van der Waals surface area contributed by atoms with Crippen LogP contribution in [0.15, 0.2) is 97.3 Å². The van der Waals surface area contributed by atoms with Crippen LogP contribution in [0.2, 0.25) is 0 Å². The number of benzene rings is 2. The molecule has 1 aliphatic heterocycles. The number of hydrogen-bond acceptors (Lipinski definition) is 14. The molecule has 6 aromatic rings. The first kappa shape index (κ1) is 26.5. The molecule has 0 spiro atoms. The number of fused-ring (bicyclic) bond motifs is 8. The number of pyridine rings is 2. The van der Waals surface area contributed by atoms with Crippen molar-refractivity contribution in [2.45, 2.75) is 13.1 Å². The molecule has 0 saturated heterocycles. The van der Waals surface area contributed by atoms with Crippen LogP contribution in [0.4, 0.5) is 11.9 Å². The molecular weight excluding hydrogens is 564 g/mol. The Kier molecular flexibility index (Phi) is 7.34. The van der Waals surface area contributed by atoms with E-state index in [0.29, 0.717) is 36.1 Å². The molecule has 8 bridgehead atoms. The number of aromatic nitrogens is 8. The minimum atomic E-state index is -0.00127. The Labute approximate surface area is 250 Å². The molecule has 4 aromatic heterocycles. The Bertz CT molecular complexity index is 1680. The van der Waals surface area contributed by atoms with Gasteiger partial charge in [-0.2, -0.15) is 19.9 Å². The molecule has 0 radical (unpaired) electrons. The molecule has 14 nitrogen and oxygen atoms in total. The summed E-state index contributed by atoms with van der Waals surface area (Å²) in [5, 5.41) is 6.28. The molecule has 2 aromatic carbocycles. The van der Waals surface area contributed by atoms with E-state index < -0.39 is 0 Å². The van der Waals surface area contributed by atoms with Crippen LogP contribution in [0.5, 0.6) is 47.0 Å². The Morgan fingerprint density at radius 1 is 0.432 bits per heavy atom. The van der Waals surface area contributed by atoms with Crippen molar-refractivity contribution in [2.75, 3.05) is 10.6 Å². The summed E-state index contributed by atoms with van der Waals surface area (Å²) in [6, 6.07) is 24.9. The van der Waals surface area contributed by atoms with Crippen molar-refractivity contribution in [3.8, 4) is 47.0 Å². The molecule has 0 unspecified atom stereocenters. The first-order valence-electron chi connectivity index (χ1n) is 13.4. The van der Waals surface area contributed by atoms with Gasteiger partial charge in [0.2, 0.25) is 11.9 Å². The number of rotatable bonds is 6. The highest BCUT2D eigenvalue weighted by Gasteiger charge is 2.16. The van der Waals surface area contributed by atoms with Crippen LogP contribution in [0.1, 0.15) is 11.4 Å². The van der Waals surface area contributed by atoms with Crippen molar-refractivity contribution >= 4 is 11.9 Å². The lowest BCUT2D eigenvalue weighted by molar-refractivity contribution is 0.381. The smallest absolute Gasteiger partial charge is 0.330 e. The molecule has 1 aliphatic rings. The van der Waals surface area contributed by atoms with Gasteiger partial charge in [0.05, 0.1) is 24.5 Å². The van der Waals surface area contributed by atoms with Crippen molar-refractivity contribution in [1.29, 1.82) is 0 Å². The summed E-state index contributed by atoms with van der Waals surface area (Å²) in [7, 11) is 0. The predicted octanol–water partition coefficient (Wildman–Crippen LogP) is 5.55. The first-order chi connectivity index (χ1) is 21.7. The van der Waals surface area contributed by atoms with Gasteiger partial charge in [-0.1, -0.05) is 24.3 Å². The quantitative estimate of drug-likeness (QED) is 0.249. The van der Waals surface area contributed by atoms with E-state index in [1.807, 2.05) is 36.4 Å². The third-order valence-corrected chi connectivity index (χ3v) is 5.94. The molecule has 216 valence electrons. The van der Waals surface area contributed by atoms with Crippen molar-refractivity contribution < 1.29 is 18.9 Å². The summed E-state index contributed by atoms with van der Waals surface area (Å²) in [5.74, 6) is 2.03. The van der Waals surface area contributed by atoms with Crippen LogP contribution in [0, 0.1) is 0 Å². The van der Waals surface area contributed by atoms with Gasteiger partial charge in [-0.15, -0.1) is 9.97 Å². The van der Waals surface area contributed by atoms with Crippen LogP contribution >= 0.6 is 0 Å². The molecule has 0 saturated carbocycles. The largest absolute Gasteiger partial charge is 0.424 e. The summed E-state index contributed by atoms with van der Waals surface area (Å²) in [6.07, 6.45) is 3.42. The van der Waals surface area contributed by atoms with E-state index in [9.17, 15) is 0 Å². The average Bonchev–Trinajstić information content (AvgIpc) is 3.04. The van der Waals surface area contributed by atoms with E-state index >= 15 is 0 Å². The summed E-state index contributed by atoms with van der Waals surface area (Å²) in [4.78, 5) is 35.0. The van der Waals surface area contributed by atoms with Crippen LogP contribution < -0.4 is 29.6 Å². The molecule has 0 aliphatic carbocycles. The van der Waals surface area contributed by atoms with Crippen molar-refractivity contribution in [2.24, 2.45) is 0 Å². The zero-order valence-electron chi connectivity index (χ0n) is 22.9. The highest BCUT2D eigenvalue weighted by molar-refractivity contribution is 5.40. The second-order valence-corrected chi connectivity index (χ2v) is 9.16. The van der Waals surface area contributed by atoms with Gasteiger partial charge in [0.25, 0.3) is 0 Å². The summed E-state index contributed by atoms with van der Waals surface area (Å²) in [6.45, 7) is 0.750. The van der Waals surface area contributed by atoms with Crippen molar-refractivity contribution in [3.63, 3.8) is 0 Å². The maximum Gasteiger partial charge on any atom is 0.330 e. The van der Waals surface area contributed by atoms with Gasteiger partial charge < -0.3 is 29.6 Å². The fourth-order valence-electron chi connectivity index (χ4n) is 3.99. The average molecular weight is 587 g/mol. The molecule has 0 amide bonds. The summed E-state index contributed by atoms with van der Waals surface area (Å²) < 4.78 is 24.0. The molecule has 14 heteroatoms. The van der Waals surface area contributed by atoms with Crippen molar-refractivity contribution in [3.05, 3.63) is 109 Å². The third kappa shape index (κ3) is 6.71. The molecule has 7 rings (SSSR count). The van der Waals surface area contributed by atoms with E-state index in [-0.39, 0.29) is 35.9 Å². The Hall–Kier alpha value is -6.44. The van der Waals surface area contributed by atoms with Crippen LogP contribution in [-0.4, -0.2) is 39.9 Å². The minimum absolute atomic E-state index is 0.00127. The Morgan fingerprint density at radius 2 is 0.818 bits per heavy atom. The number of nitrogens with zero attached hydrogens (tertiary/aromatic N) is 8. The minimum Gasteiger partial charge on any atom is -0.424 e. The molecule has 5 heterocycles. The van der Waals surface area contributed by atoms with Gasteiger partial charge in [-0.3, -0.25) is 9.97 Å². The second kappa shape index (κ2) is 12.2. The van der Waals surface area contributed by atoms with Crippen molar-refractivity contribution in [1.82, 2.24) is 39.9 Å². The van der Waals surface area contributed by atoms with Gasteiger partial charge in [0.1, 0.15) is 23.0 Å². The van der Waals surface area contributed by atoms with Crippen LogP contribution in [0.25, 0.3) is 0 Å². The topological polar surface area (TPSA) is 164 Å². The highest BCUT2D eigenvalue weighted by Crippen LogP contribution is 2.31. The van der Waals surface area contributed by atoms with Gasteiger partial charge in [-0.25, -0.2) is 0 Å². The maximum atomic E-state index is 6.00. The molecule has 0 atom stereocenters. The van der Waals surface area contributed by atoms with Gasteiger partial charge in [-0.05, 0) is 48.5 Å². The van der Waals surface area contributed by atoms with E-state index in [2.05, 4.69) is 50.5 Å². The van der Waals surface area contributed by atoms with E-state index in [1.165, 1.54) is 0 Å². The zero-order valence-corrected chi connectivity index (χ0v) is 22.9. The fraction of sp³-hybridized carbons (Fsp3) is 0.0667. The predicted molar refractivity (Wildman–Crippen MR) is 156 cm³/mol. The Morgan fingerprint density at radius 3 is 1.16 bits per heavy atom. The third-order valence-electron chi connectivity index (χ3n) is 5.94. The van der Waals surface area contributed by atoms with E-state index in [4.69, 9.17) is 18.9 Å². The number of ether oxygens (including phenoxy) is 4. The molecule has 44 heavy (non-hydrogen) atoms. The lowest BCUT2D eigenvalue weighted by Crippen LogP contribution is -2.08. The van der Waals surface area contributed by atoms with E-state index in [0.717, 1.165) is 11.4 Å². The van der Waals surface area contributed by atoms with Gasteiger partial charge >= 0.3 is 24.0 Å². The van der Waals surface area contributed by atoms with Crippen LogP contribution in [-0.2, 0) is 13.1 Å². The number of anilines is 2. The maximum absolute atomic E-state index is 6.00. The van der Waals surface area contributed by atoms with Gasteiger partial charge in [0.15, 0.2) is 0 Å². The Balaban J connectivity index is 1.22. The number of hydrogen-bond donors (Lipinski definition) is 2. The zero-order chi connectivity index (χ0) is 29.6. The molecule has 2 N–H and O–H groups in total. The SMILES string of the molecule is c1ccc(CNc2nc3nc(n2)Oc2cccc(c2)Oc2nc(NCc4ccccn4)nc(n2)Oc2cccc(c2)O3)nc1. The van der Waals surface area contributed by atoms with Crippen LogP contribution in [0.3, 0.4) is 0 Å². The summed E-state index contributed by atoms with van der Waals surface area (Å²) in [5.41, 5.74) is 1.60. The lowest BCUT2D eigenvalue weighted by Gasteiger charge is -2.13. The lowest BCUT2D eigenvalue weighted by atomic mass is 10.3.